The van der Waals surface area contributed by atoms with Gasteiger partial charge in [0.15, 0.2) is 17.3 Å². The second-order valence-corrected chi connectivity index (χ2v) is 4.09. The molecule has 4 nitrogen and oxygen atoms in total. The van der Waals surface area contributed by atoms with Crippen LogP contribution in [-0.2, 0) is 0 Å². The van der Waals surface area contributed by atoms with Crippen molar-refractivity contribution in [1.82, 2.24) is 9.97 Å². The van der Waals surface area contributed by atoms with Crippen molar-refractivity contribution in [2.75, 3.05) is 5.32 Å². The van der Waals surface area contributed by atoms with Crippen LogP contribution < -0.4 is 5.32 Å². The maximum absolute atomic E-state index is 13.6. The van der Waals surface area contributed by atoms with Gasteiger partial charge in [0.1, 0.15) is 11.9 Å². The molecule has 0 aliphatic carbocycles. The Hall–Kier alpha value is -2.07. The van der Waals surface area contributed by atoms with Gasteiger partial charge in [-0.15, -0.1) is 0 Å². The average molecular weight is 311 g/mol. The number of nitrogens with one attached hydrogen (secondary N) is 1. The lowest BCUT2D eigenvalue weighted by atomic mass is 10.3. The van der Waals surface area contributed by atoms with Gasteiger partial charge in [-0.1, -0.05) is 0 Å². The Labute approximate surface area is 109 Å². The number of hydrogen-bond donors (Lipinski definition) is 1. The zero-order valence-corrected chi connectivity index (χ0v) is 10.4. The van der Waals surface area contributed by atoms with E-state index in [4.69, 9.17) is 5.26 Å². The Morgan fingerprint density at radius 2 is 1.94 bits per heavy atom. The molecule has 1 aromatic carbocycles. The summed E-state index contributed by atoms with van der Waals surface area (Å²) < 4.78 is 26.7. The Morgan fingerprint density at radius 3 is 2.61 bits per heavy atom. The van der Waals surface area contributed by atoms with Crippen LogP contribution in [0.2, 0.25) is 0 Å². The molecular weight excluding hydrogens is 306 g/mol. The molecule has 0 spiro atoms. The van der Waals surface area contributed by atoms with Gasteiger partial charge in [0.05, 0.1) is 5.69 Å². The van der Waals surface area contributed by atoms with E-state index >= 15 is 0 Å². The Balaban J connectivity index is 2.44. The summed E-state index contributed by atoms with van der Waals surface area (Å²) in [5, 5.41) is 11.4. The van der Waals surface area contributed by atoms with Gasteiger partial charge in [0.2, 0.25) is 0 Å². The monoisotopic (exact) mass is 310 g/mol. The lowest BCUT2D eigenvalue weighted by molar-refractivity contribution is 0.584. The first-order valence-electron chi connectivity index (χ1n) is 4.74. The van der Waals surface area contributed by atoms with E-state index in [0.29, 0.717) is 0 Å². The highest BCUT2D eigenvalue weighted by Crippen LogP contribution is 2.29. The molecule has 0 bridgehead atoms. The fraction of sp³-hybridized carbons (Fsp3) is 0. The predicted molar refractivity (Wildman–Crippen MR) is 64.1 cm³/mol. The van der Waals surface area contributed by atoms with E-state index < -0.39 is 11.6 Å². The highest BCUT2D eigenvalue weighted by atomic mass is 79.9. The van der Waals surface area contributed by atoms with Crippen LogP contribution in [0.1, 0.15) is 5.69 Å². The van der Waals surface area contributed by atoms with E-state index in [9.17, 15) is 8.78 Å². The van der Waals surface area contributed by atoms with Gasteiger partial charge in [-0.3, -0.25) is 0 Å². The summed E-state index contributed by atoms with van der Waals surface area (Å²) in [6.07, 6.45) is 2.71. The van der Waals surface area contributed by atoms with Crippen LogP contribution in [0.4, 0.5) is 20.3 Å². The number of nitrogens with zero attached hydrogens (tertiary/aromatic N) is 3. The molecule has 0 amide bonds. The molecule has 0 saturated carbocycles. The van der Waals surface area contributed by atoms with Crippen LogP contribution in [-0.4, -0.2) is 9.97 Å². The fourth-order valence-corrected chi connectivity index (χ4v) is 1.80. The van der Waals surface area contributed by atoms with Crippen molar-refractivity contribution in [2.45, 2.75) is 0 Å². The van der Waals surface area contributed by atoms with Gasteiger partial charge < -0.3 is 5.32 Å². The number of rotatable bonds is 2. The van der Waals surface area contributed by atoms with E-state index in [1.54, 1.807) is 0 Å². The average Bonchev–Trinajstić information content (AvgIpc) is 2.34. The smallest absolute Gasteiger partial charge is 0.183 e. The normalized spacial score (nSPS) is 9.89. The molecule has 2 aromatic rings. The second-order valence-electron chi connectivity index (χ2n) is 3.23. The quantitative estimate of drug-likeness (QED) is 0.925. The van der Waals surface area contributed by atoms with Crippen molar-refractivity contribution in [3.8, 4) is 6.07 Å². The van der Waals surface area contributed by atoms with Gasteiger partial charge in [0, 0.05) is 22.9 Å². The first-order chi connectivity index (χ1) is 8.61. The number of hydrogen-bond acceptors (Lipinski definition) is 4. The van der Waals surface area contributed by atoms with E-state index in [-0.39, 0.29) is 21.7 Å². The lowest BCUT2D eigenvalue weighted by Crippen LogP contribution is -2.01. The largest absolute Gasteiger partial charge is 0.334 e. The fourth-order valence-electron chi connectivity index (χ4n) is 1.29. The minimum Gasteiger partial charge on any atom is -0.334 e. The second kappa shape index (κ2) is 5.06. The highest BCUT2D eigenvalue weighted by Gasteiger charge is 2.12. The number of nitriles is 1. The van der Waals surface area contributed by atoms with Crippen LogP contribution in [0.15, 0.2) is 29.0 Å². The Bertz CT molecular complexity index is 616. The first-order valence-corrected chi connectivity index (χ1v) is 5.54. The number of anilines is 2. The van der Waals surface area contributed by atoms with Gasteiger partial charge in [-0.05, 0) is 22.0 Å². The molecule has 0 fully saturated rings. The Morgan fingerprint density at radius 1 is 1.22 bits per heavy atom. The van der Waals surface area contributed by atoms with Crippen LogP contribution in [0.5, 0.6) is 0 Å². The zero-order chi connectivity index (χ0) is 13.1. The standard InChI is InChI=1S/C11H5BrF2N4/c12-7-3-6(13)4-8(14)10(7)18-11-9(5-15)16-1-2-17-11/h1-4H,(H,17,18). The number of benzene rings is 1. The van der Waals surface area contributed by atoms with E-state index in [1.807, 2.05) is 6.07 Å². The molecule has 0 aliphatic rings. The molecule has 0 aliphatic heterocycles. The minimum atomic E-state index is -0.795. The molecule has 0 radical (unpaired) electrons. The van der Waals surface area contributed by atoms with Crippen LogP contribution in [0.3, 0.4) is 0 Å². The summed E-state index contributed by atoms with van der Waals surface area (Å²) >= 11 is 3.03. The van der Waals surface area contributed by atoms with E-state index in [1.165, 1.54) is 12.4 Å². The maximum Gasteiger partial charge on any atom is 0.183 e. The summed E-state index contributed by atoms with van der Waals surface area (Å²) in [5.74, 6) is -1.40. The predicted octanol–water partition coefficient (Wildman–Crippen LogP) is 3.13. The highest BCUT2D eigenvalue weighted by molar-refractivity contribution is 9.10. The van der Waals surface area contributed by atoms with Crippen LogP contribution in [0, 0.1) is 23.0 Å². The first kappa shape index (κ1) is 12.4. The zero-order valence-electron chi connectivity index (χ0n) is 8.78. The molecule has 7 heteroatoms. The molecule has 0 saturated heterocycles. The van der Waals surface area contributed by atoms with Gasteiger partial charge >= 0.3 is 0 Å². The molecule has 2 rings (SSSR count). The summed E-state index contributed by atoms with van der Waals surface area (Å²) in [6, 6.07) is 3.65. The summed E-state index contributed by atoms with van der Waals surface area (Å²) in [6.45, 7) is 0. The van der Waals surface area contributed by atoms with Crippen LogP contribution >= 0.6 is 15.9 Å². The number of halogens is 3. The topological polar surface area (TPSA) is 61.6 Å². The summed E-state index contributed by atoms with van der Waals surface area (Å²) in [7, 11) is 0. The molecule has 18 heavy (non-hydrogen) atoms. The maximum atomic E-state index is 13.6. The molecule has 90 valence electrons. The van der Waals surface area contributed by atoms with Crippen molar-refractivity contribution in [3.05, 3.63) is 46.3 Å². The summed E-state index contributed by atoms with van der Waals surface area (Å²) in [5.41, 5.74) is 0.0153. The van der Waals surface area contributed by atoms with Gasteiger partial charge in [0.25, 0.3) is 0 Å². The molecule has 0 atom stereocenters. The van der Waals surface area contributed by atoms with Crippen molar-refractivity contribution >= 4 is 27.4 Å². The number of aromatic nitrogens is 2. The Kier molecular flexibility index (Phi) is 3.48. The SMILES string of the molecule is N#Cc1nccnc1Nc1c(F)cc(F)cc1Br. The van der Waals surface area contributed by atoms with Crippen molar-refractivity contribution in [1.29, 1.82) is 5.26 Å². The van der Waals surface area contributed by atoms with Gasteiger partial charge in [-0.2, -0.15) is 5.26 Å². The minimum absolute atomic E-state index is 0.00611. The van der Waals surface area contributed by atoms with Crippen molar-refractivity contribution in [2.24, 2.45) is 0 Å². The van der Waals surface area contributed by atoms with Crippen molar-refractivity contribution < 1.29 is 8.78 Å². The van der Waals surface area contributed by atoms with E-state index in [2.05, 4.69) is 31.2 Å². The molecule has 1 aromatic heterocycles. The van der Waals surface area contributed by atoms with Crippen LogP contribution in [0.25, 0.3) is 0 Å². The third kappa shape index (κ3) is 2.43. The third-order valence-corrected chi connectivity index (χ3v) is 2.68. The molecule has 1 heterocycles. The van der Waals surface area contributed by atoms with Crippen molar-refractivity contribution in [3.63, 3.8) is 0 Å². The lowest BCUT2D eigenvalue weighted by Gasteiger charge is -2.09. The van der Waals surface area contributed by atoms with Gasteiger partial charge in [-0.25, -0.2) is 18.7 Å². The van der Waals surface area contributed by atoms with E-state index in [0.717, 1.165) is 12.1 Å². The summed E-state index contributed by atoms with van der Waals surface area (Å²) in [4.78, 5) is 7.64. The molecule has 0 unspecified atom stereocenters. The molecular formula is C11H5BrF2N4. The third-order valence-electron chi connectivity index (χ3n) is 2.05. The molecule has 1 N–H and O–H groups in total.